The summed E-state index contributed by atoms with van der Waals surface area (Å²) < 4.78 is 8.48. The number of halogens is 1. The first-order valence-electron chi connectivity index (χ1n) is 7.41. The molecule has 8 N–H and O–H groups in total. The van der Waals surface area contributed by atoms with E-state index in [4.69, 9.17) is 22.3 Å². The first-order chi connectivity index (χ1) is 13.6. The average Bonchev–Trinajstić information content (AvgIpc) is 3.34. The number of hydrogen-bond acceptors (Lipinski definition) is 13. The van der Waals surface area contributed by atoms with Gasteiger partial charge in [0.15, 0.2) is 16.0 Å². The fourth-order valence-corrected chi connectivity index (χ4v) is 2.26. The third-order valence-corrected chi connectivity index (χ3v) is 3.86. The molecule has 2 aromatic heterocycles. The Kier molecular flexibility index (Phi) is 15.4. The summed E-state index contributed by atoms with van der Waals surface area (Å²) in [4.78, 5) is 49.1. The lowest BCUT2D eigenvalue weighted by molar-refractivity contribution is -0.140. The van der Waals surface area contributed by atoms with E-state index in [-0.39, 0.29) is 48.0 Å². The van der Waals surface area contributed by atoms with E-state index in [0.717, 1.165) is 22.7 Å². The van der Waals surface area contributed by atoms with Crippen molar-refractivity contribution in [2.24, 2.45) is 5.73 Å². The monoisotopic (exact) mass is 484 g/mol. The number of aromatic carboxylic acids is 1. The van der Waals surface area contributed by atoms with Crippen LogP contribution in [0.3, 0.4) is 0 Å². The highest BCUT2D eigenvalue weighted by molar-refractivity contribution is 7.14. The zero-order valence-corrected chi connectivity index (χ0v) is 18.3. The third kappa shape index (κ3) is 12.4. The number of carboxylic acid groups (broad SMARTS) is 1. The fraction of sp³-hybridized carbons (Fsp3) is 0.286. The Morgan fingerprint density at radius 2 is 1.47 bits per heavy atom. The van der Waals surface area contributed by atoms with Crippen LogP contribution in [0.2, 0.25) is 0 Å². The average molecular weight is 485 g/mol. The molecule has 2 aromatic rings. The van der Waals surface area contributed by atoms with E-state index in [0.29, 0.717) is 5.13 Å². The number of nitrogens with zero attached hydrogens (tertiary/aromatic N) is 2. The summed E-state index contributed by atoms with van der Waals surface area (Å²) in [5.74, 6) is -2.37. The summed E-state index contributed by atoms with van der Waals surface area (Å²) >= 11 is 2.28. The normalized spacial score (nSPS) is 8.77. The molecule has 0 aromatic carbocycles. The number of carbonyl (C=O) groups is 4. The zero-order chi connectivity index (χ0) is 22.4. The Bertz CT molecular complexity index is 823. The number of anilines is 2. The van der Waals surface area contributed by atoms with Gasteiger partial charge in [-0.2, -0.15) is 0 Å². The molecule has 0 saturated heterocycles. The molecule has 0 fully saturated rings. The van der Waals surface area contributed by atoms with Gasteiger partial charge in [0.2, 0.25) is 0 Å². The first-order valence-corrected chi connectivity index (χ1v) is 9.17. The highest BCUT2D eigenvalue weighted by Gasteiger charge is 2.10. The number of thiazole rings is 2. The summed E-state index contributed by atoms with van der Waals surface area (Å²) in [6.45, 7) is -0.205. The molecule has 0 unspecified atom stereocenters. The molecule has 13 nitrogen and oxygen atoms in total. The van der Waals surface area contributed by atoms with Crippen molar-refractivity contribution in [3.8, 4) is 0 Å². The van der Waals surface area contributed by atoms with Crippen molar-refractivity contribution in [1.82, 2.24) is 15.3 Å². The Labute approximate surface area is 185 Å². The lowest BCUT2D eigenvalue weighted by atomic mass is 10.4. The standard InChI is InChI=1S/C7H9N3O3S.C4H4N2O2S.C3H7NO2.ClH/c1-13-5(11)2-9-6(12)4-3-14-7(8)10-4;5-4-6-2(1-9-4)3(7)8;1-6-3(5)2-4;/h3H,2H2,1H3,(H2,8,10)(H,9,12);1H,(H2,5,6)(H,7,8);2,4H2,1H3;1H. The van der Waals surface area contributed by atoms with Gasteiger partial charge in [0, 0.05) is 10.8 Å². The molecule has 30 heavy (non-hydrogen) atoms. The van der Waals surface area contributed by atoms with Crippen molar-refractivity contribution >= 4 is 69.2 Å². The minimum Gasteiger partial charge on any atom is -0.476 e. The van der Waals surface area contributed by atoms with Crippen LogP contribution in [-0.4, -0.2) is 66.2 Å². The van der Waals surface area contributed by atoms with Crippen LogP contribution >= 0.6 is 35.1 Å². The molecule has 0 saturated carbocycles. The maximum atomic E-state index is 11.2. The van der Waals surface area contributed by atoms with E-state index < -0.39 is 17.8 Å². The van der Waals surface area contributed by atoms with Gasteiger partial charge in [0.05, 0.1) is 20.8 Å². The molecular formula is C14H21ClN6O7S2. The summed E-state index contributed by atoms with van der Waals surface area (Å²) in [7, 11) is 2.55. The van der Waals surface area contributed by atoms with Crippen LogP contribution in [0.15, 0.2) is 10.8 Å². The molecule has 0 aliphatic rings. The number of nitrogens with two attached hydrogens (primary N) is 3. The maximum Gasteiger partial charge on any atom is 0.355 e. The molecule has 168 valence electrons. The van der Waals surface area contributed by atoms with E-state index in [1.54, 1.807) is 0 Å². The molecule has 0 aliphatic carbocycles. The van der Waals surface area contributed by atoms with Crippen LogP contribution in [0.25, 0.3) is 0 Å². The lowest BCUT2D eigenvalue weighted by Gasteiger charge is -2.00. The molecule has 0 bridgehead atoms. The highest BCUT2D eigenvalue weighted by atomic mass is 35.5. The van der Waals surface area contributed by atoms with Crippen molar-refractivity contribution in [1.29, 1.82) is 0 Å². The van der Waals surface area contributed by atoms with Gasteiger partial charge in [-0.3, -0.25) is 14.4 Å². The van der Waals surface area contributed by atoms with Crippen LogP contribution in [0.4, 0.5) is 10.3 Å². The minimum absolute atomic E-state index is 0. The Hall–Kier alpha value is -3.01. The summed E-state index contributed by atoms with van der Waals surface area (Å²) in [6.07, 6.45) is 0. The Morgan fingerprint density at radius 3 is 1.73 bits per heavy atom. The molecule has 2 heterocycles. The van der Waals surface area contributed by atoms with Gasteiger partial charge in [-0.25, -0.2) is 14.8 Å². The highest BCUT2D eigenvalue weighted by Crippen LogP contribution is 2.10. The van der Waals surface area contributed by atoms with Gasteiger partial charge in [0.25, 0.3) is 5.91 Å². The van der Waals surface area contributed by atoms with Crippen molar-refractivity contribution in [3.05, 3.63) is 22.1 Å². The van der Waals surface area contributed by atoms with E-state index in [2.05, 4.69) is 24.8 Å². The number of nitrogen functional groups attached to an aromatic ring is 2. The number of hydrogen-bond donors (Lipinski definition) is 5. The van der Waals surface area contributed by atoms with Gasteiger partial charge in [-0.05, 0) is 0 Å². The summed E-state index contributed by atoms with van der Waals surface area (Å²) in [5, 5.41) is 14.1. The number of carbonyl (C=O) groups excluding carboxylic acids is 3. The molecule has 0 atom stereocenters. The molecule has 1 amide bonds. The van der Waals surface area contributed by atoms with Gasteiger partial charge in [-0.1, -0.05) is 0 Å². The van der Waals surface area contributed by atoms with Crippen LogP contribution in [0.5, 0.6) is 0 Å². The third-order valence-electron chi connectivity index (χ3n) is 2.51. The number of methoxy groups -OCH3 is 2. The van der Waals surface area contributed by atoms with E-state index >= 15 is 0 Å². The topological polar surface area (TPSA) is 223 Å². The Morgan fingerprint density at radius 1 is 1.00 bits per heavy atom. The number of carboxylic acids is 1. The molecule has 0 spiro atoms. The number of aromatic nitrogens is 2. The maximum absolute atomic E-state index is 11.2. The largest absolute Gasteiger partial charge is 0.476 e. The van der Waals surface area contributed by atoms with Crippen molar-refractivity contribution in [2.75, 3.05) is 38.8 Å². The smallest absolute Gasteiger partial charge is 0.355 e. The summed E-state index contributed by atoms with van der Waals surface area (Å²) in [6, 6.07) is 0. The quantitative estimate of drug-likeness (QED) is 0.341. The van der Waals surface area contributed by atoms with Crippen molar-refractivity contribution in [3.63, 3.8) is 0 Å². The zero-order valence-electron chi connectivity index (χ0n) is 15.8. The SMILES string of the molecule is COC(=O)CN.COC(=O)CNC(=O)c1csc(N)n1.Cl.Nc1nc(C(=O)O)cs1. The van der Waals surface area contributed by atoms with E-state index in [9.17, 15) is 19.2 Å². The van der Waals surface area contributed by atoms with Crippen LogP contribution in [0.1, 0.15) is 21.0 Å². The second kappa shape index (κ2) is 15.9. The lowest BCUT2D eigenvalue weighted by Crippen LogP contribution is -2.30. The van der Waals surface area contributed by atoms with E-state index in [1.165, 1.54) is 25.0 Å². The van der Waals surface area contributed by atoms with Crippen LogP contribution < -0.4 is 22.5 Å². The number of ether oxygens (including phenoxy) is 2. The second-order valence-corrected chi connectivity index (χ2v) is 6.27. The van der Waals surface area contributed by atoms with E-state index in [1.807, 2.05) is 0 Å². The van der Waals surface area contributed by atoms with Gasteiger partial charge in [0.1, 0.15) is 12.2 Å². The molecule has 0 aliphatic heterocycles. The minimum atomic E-state index is -1.04. The molecule has 16 heteroatoms. The van der Waals surface area contributed by atoms with Crippen LogP contribution in [-0.2, 0) is 19.1 Å². The molecule has 0 radical (unpaired) electrons. The Balaban J connectivity index is 0. The van der Waals surface area contributed by atoms with Gasteiger partial charge >= 0.3 is 17.9 Å². The van der Waals surface area contributed by atoms with Crippen molar-refractivity contribution in [2.45, 2.75) is 0 Å². The second-order valence-electron chi connectivity index (χ2n) is 4.49. The molecular weight excluding hydrogens is 464 g/mol. The first kappa shape index (κ1) is 29.2. The van der Waals surface area contributed by atoms with Crippen LogP contribution in [0, 0.1) is 0 Å². The van der Waals surface area contributed by atoms with Gasteiger partial charge < -0.3 is 37.1 Å². The predicted molar refractivity (Wildman–Crippen MR) is 113 cm³/mol. The number of amides is 1. The fourth-order valence-electron chi connectivity index (χ4n) is 1.18. The predicted octanol–water partition coefficient (Wildman–Crippen LogP) is -0.408. The summed E-state index contributed by atoms with van der Waals surface area (Å²) in [5.41, 5.74) is 15.5. The van der Waals surface area contributed by atoms with Gasteiger partial charge in [-0.15, -0.1) is 35.1 Å². The number of rotatable bonds is 5. The van der Waals surface area contributed by atoms with Crippen molar-refractivity contribution < 1.29 is 33.8 Å². The molecule has 2 rings (SSSR count). The number of nitrogens with one attached hydrogen (secondary N) is 1. The number of esters is 2.